The van der Waals surface area contributed by atoms with Crippen LogP contribution in [0.4, 0.5) is 0 Å². The molecule has 0 saturated heterocycles. The van der Waals surface area contributed by atoms with Gasteiger partial charge in [-0.1, -0.05) is 6.92 Å². The summed E-state index contributed by atoms with van der Waals surface area (Å²) in [6.45, 7) is 1.79. The molecule has 4 nitrogen and oxygen atoms in total. The van der Waals surface area contributed by atoms with Crippen molar-refractivity contribution in [3.63, 3.8) is 0 Å². The van der Waals surface area contributed by atoms with E-state index in [4.69, 9.17) is 5.84 Å². The quantitative estimate of drug-likeness (QED) is 0.439. The van der Waals surface area contributed by atoms with Crippen molar-refractivity contribution >= 4 is 10.0 Å². The molecule has 0 aromatic carbocycles. The molecule has 0 spiro atoms. The Labute approximate surface area is 55.7 Å². The molecule has 0 atom stereocenters. The molecule has 5 heteroatoms. The first-order chi connectivity index (χ1) is 4.00. The zero-order valence-corrected chi connectivity index (χ0v) is 6.48. The molecule has 9 heavy (non-hydrogen) atoms. The van der Waals surface area contributed by atoms with Crippen molar-refractivity contribution in [2.24, 2.45) is 5.84 Å². The van der Waals surface area contributed by atoms with Crippen molar-refractivity contribution in [2.45, 2.75) is 13.3 Å². The summed E-state index contributed by atoms with van der Waals surface area (Å²) in [6.07, 6.45) is 0.601. The average Bonchev–Trinajstić information content (AvgIpc) is 1.65. The van der Waals surface area contributed by atoms with E-state index in [1.54, 1.807) is 6.92 Å². The molecule has 0 radical (unpaired) electrons. The molecule has 0 aromatic heterocycles. The molecule has 0 aromatic rings. The third-order valence-corrected chi connectivity index (χ3v) is 2.70. The van der Waals surface area contributed by atoms with Crippen LogP contribution in [0.3, 0.4) is 0 Å². The van der Waals surface area contributed by atoms with Crippen LogP contribution in [0.2, 0.25) is 0 Å². The highest BCUT2D eigenvalue weighted by atomic mass is 32.2. The SMILES string of the molecule is CCCS(=O)(=O)N(C)N. The Morgan fingerprint density at radius 3 is 2.11 bits per heavy atom. The van der Waals surface area contributed by atoms with Crippen LogP contribution in [0.25, 0.3) is 0 Å². The minimum absolute atomic E-state index is 0.125. The molecule has 0 unspecified atom stereocenters. The molecule has 0 heterocycles. The Kier molecular flexibility index (Phi) is 3.10. The first kappa shape index (κ1) is 8.87. The van der Waals surface area contributed by atoms with E-state index >= 15 is 0 Å². The van der Waals surface area contributed by atoms with Gasteiger partial charge in [-0.2, -0.15) is 0 Å². The van der Waals surface area contributed by atoms with Gasteiger partial charge in [-0.05, 0) is 6.42 Å². The first-order valence-corrected chi connectivity index (χ1v) is 4.33. The second-order valence-electron chi connectivity index (χ2n) is 1.83. The smallest absolute Gasteiger partial charge is 0.226 e. The molecular weight excluding hydrogens is 140 g/mol. The lowest BCUT2D eigenvalue weighted by Gasteiger charge is -2.08. The van der Waals surface area contributed by atoms with Gasteiger partial charge in [0.25, 0.3) is 0 Å². The normalized spacial score (nSPS) is 12.4. The highest BCUT2D eigenvalue weighted by Crippen LogP contribution is 1.92. The fraction of sp³-hybridized carbons (Fsp3) is 1.00. The standard InChI is InChI=1S/C4H12N2O2S/c1-3-4-9(7,8)6(2)5/h3-5H2,1-2H3. The van der Waals surface area contributed by atoms with Crippen LogP contribution in [0.1, 0.15) is 13.3 Å². The van der Waals surface area contributed by atoms with Crippen LogP contribution in [-0.2, 0) is 10.0 Å². The van der Waals surface area contributed by atoms with Gasteiger partial charge >= 0.3 is 0 Å². The summed E-state index contributed by atoms with van der Waals surface area (Å²) >= 11 is 0. The molecule has 56 valence electrons. The zero-order chi connectivity index (χ0) is 7.49. The molecule has 0 aliphatic heterocycles. The molecule has 0 fully saturated rings. The fourth-order valence-corrected chi connectivity index (χ4v) is 1.21. The lowest BCUT2D eigenvalue weighted by Crippen LogP contribution is -2.34. The third-order valence-electron chi connectivity index (χ3n) is 0.901. The van der Waals surface area contributed by atoms with Crippen LogP contribution in [-0.4, -0.2) is 25.6 Å². The molecular formula is C4H12N2O2S. The van der Waals surface area contributed by atoms with Crippen LogP contribution < -0.4 is 5.84 Å². The lowest BCUT2D eigenvalue weighted by atomic mass is 10.6. The van der Waals surface area contributed by atoms with Crippen LogP contribution in [0, 0.1) is 0 Å². The van der Waals surface area contributed by atoms with E-state index in [1.165, 1.54) is 7.05 Å². The van der Waals surface area contributed by atoms with E-state index in [0.717, 1.165) is 4.41 Å². The molecule has 0 aliphatic rings. The van der Waals surface area contributed by atoms with Crippen molar-refractivity contribution in [1.29, 1.82) is 0 Å². The van der Waals surface area contributed by atoms with Crippen LogP contribution in [0.5, 0.6) is 0 Å². The summed E-state index contributed by atoms with van der Waals surface area (Å²) in [5, 5.41) is 0. The maximum absolute atomic E-state index is 10.7. The highest BCUT2D eigenvalue weighted by Gasteiger charge is 2.10. The van der Waals surface area contributed by atoms with E-state index in [-0.39, 0.29) is 5.75 Å². The Morgan fingerprint density at radius 2 is 2.00 bits per heavy atom. The second-order valence-corrected chi connectivity index (χ2v) is 3.98. The minimum atomic E-state index is -3.14. The van der Waals surface area contributed by atoms with E-state index < -0.39 is 10.0 Å². The Balaban J connectivity index is 4.05. The summed E-state index contributed by atoms with van der Waals surface area (Å²) in [6, 6.07) is 0. The number of hydrazine groups is 1. The van der Waals surface area contributed by atoms with Gasteiger partial charge in [-0.25, -0.2) is 8.42 Å². The Morgan fingerprint density at radius 1 is 1.56 bits per heavy atom. The molecule has 0 saturated carbocycles. The maximum Gasteiger partial charge on any atom is 0.226 e. The summed E-state index contributed by atoms with van der Waals surface area (Å²) in [5.41, 5.74) is 0. The topological polar surface area (TPSA) is 63.4 Å². The molecule has 0 bridgehead atoms. The van der Waals surface area contributed by atoms with Crippen molar-refractivity contribution < 1.29 is 8.42 Å². The monoisotopic (exact) mass is 152 g/mol. The van der Waals surface area contributed by atoms with Crippen molar-refractivity contribution in [3.05, 3.63) is 0 Å². The van der Waals surface area contributed by atoms with E-state index in [0.29, 0.717) is 6.42 Å². The van der Waals surface area contributed by atoms with Crippen LogP contribution >= 0.6 is 0 Å². The van der Waals surface area contributed by atoms with Gasteiger partial charge in [0, 0.05) is 7.05 Å². The number of hydrogen-bond acceptors (Lipinski definition) is 3. The number of nitrogens with two attached hydrogens (primary N) is 1. The highest BCUT2D eigenvalue weighted by molar-refractivity contribution is 7.88. The lowest BCUT2D eigenvalue weighted by molar-refractivity contribution is 0.485. The van der Waals surface area contributed by atoms with E-state index in [2.05, 4.69) is 0 Å². The zero-order valence-electron chi connectivity index (χ0n) is 5.66. The predicted octanol–water partition coefficient (Wildman–Crippen LogP) is -0.468. The summed E-state index contributed by atoms with van der Waals surface area (Å²) < 4.78 is 22.2. The van der Waals surface area contributed by atoms with Gasteiger partial charge in [0.05, 0.1) is 5.75 Å². The molecule has 2 N–H and O–H groups in total. The second kappa shape index (κ2) is 3.14. The van der Waals surface area contributed by atoms with Crippen molar-refractivity contribution in [3.8, 4) is 0 Å². The summed E-state index contributed by atoms with van der Waals surface area (Å²) in [4.78, 5) is 0. The van der Waals surface area contributed by atoms with Gasteiger partial charge in [-0.3, -0.25) is 5.84 Å². The first-order valence-electron chi connectivity index (χ1n) is 2.72. The van der Waals surface area contributed by atoms with Gasteiger partial charge in [-0.15, -0.1) is 4.41 Å². The summed E-state index contributed by atoms with van der Waals surface area (Å²) in [7, 11) is -1.81. The minimum Gasteiger partial charge on any atom is -0.255 e. The number of rotatable bonds is 3. The number of sulfonamides is 1. The van der Waals surface area contributed by atoms with E-state index in [9.17, 15) is 8.42 Å². The van der Waals surface area contributed by atoms with Crippen molar-refractivity contribution in [2.75, 3.05) is 12.8 Å². The van der Waals surface area contributed by atoms with Gasteiger partial charge in [0.1, 0.15) is 0 Å². The molecule has 0 amide bonds. The summed E-state index contributed by atoms with van der Waals surface area (Å²) in [5.74, 6) is 5.13. The Hall–Kier alpha value is -0.130. The van der Waals surface area contributed by atoms with Crippen molar-refractivity contribution in [1.82, 2.24) is 4.41 Å². The maximum atomic E-state index is 10.7. The van der Waals surface area contributed by atoms with Crippen LogP contribution in [0.15, 0.2) is 0 Å². The average molecular weight is 152 g/mol. The molecule has 0 aliphatic carbocycles. The number of nitrogens with zero attached hydrogens (tertiary/aromatic N) is 1. The number of hydrogen-bond donors (Lipinski definition) is 1. The predicted molar refractivity (Wildman–Crippen MR) is 36.0 cm³/mol. The van der Waals surface area contributed by atoms with Gasteiger partial charge < -0.3 is 0 Å². The van der Waals surface area contributed by atoms with Gasteiger partial charge in [0.2, 0.25) is 10.0 Å². The Bertz CT molecular complexity index is 161. The van der Waals surface area contributed by atoms with Gasteiger partial charge in [0.15, 0.2) is 0 Å². The van der Waals surface area contributed by atoms with E-state index in [1.807, 2.05) is 0 Å². The third kappa shape index (κ3) is 2.78. The fourth-order valence-electron chi connectivity index (χ4n) is 0.402. The molecule has 0 rings (SSSR count). The largest absolute Gasteiger partial charge is 0.255 e.